The third-order valence-electron chi connectivity index (χ3n) is 4.73. The first-order valence-corrected chi connectivity index (χ1v) is 12.8. The summed E-state index contributed by atoms with van der Waals surface area (Å²) >= 11 is 1.40. The fourth-order valence-electron chi connectivity index (χ4n) is 3.08. The second-order valence-corrected chi connectivity index (χ2v) is 10.0. The molecule has 1 atom stereocenters. The fraction of sp³-hybridized carbons (Fsp3) is 0.167. The third-order valence-corrected chi connectivity index (χ3v) is 7.72. The normalized spacial score (nSPS) is 12.1. The number of para-hydroxylation sites is 2. The molecule has 1 aromatic heterocycles. The van der Waals surface area contributed by atoms with E-state index >= 15 is 0 Å². The minimum absolute atomic E-state index is 0.434. The Balaban J connectivity index is 1.78. The number of hydrogen-bond donors (Lipinski definition) is 1. The van der Waals surface area contributed by atoms with Crippen molar-refractivity contribution < 1.29 is 18.3 Å². The number of anilines is 1. The van der Waals surface area contributed by atoms with Crippen LogP contribution in [0.25, 0.3) is 0 Å². The molecule has 4 rings (SSSR count). The SMILES string of the molecule is CCc1nnc(NC(c2ccc(OC)cc2)P(=O)(Oc2ccccc2)Oc2ccccc2)s1. The lowest BCUT2D eigenvalue weighted by Crippen LogP contribution is -2.18. The smallest absolute Gasteiger partial charge is 0.457 e. The first kappa shape index (κ1) is 22.8. The molecule has 0 spiro atoms. The van der Waals surface area contributed by atoms with Gasteiger partial charge in [0.1, 0.15) is 22.3 Å². The van der Waals surface area contributed by atoms with E-state index in [0.717, 1.165) is 11.4 Å². The number of benzene rings is 3. The molecule has 0 bridgehead atoms. The molecule has 0 radical (unpaired) electrons. The highest BCUT2D eigenvalue weighted by molar-refractivity contribution is 7.55. The van der Waals surface area contributed by atoms with Crippen LogP contribution in [0.4, 0.5) is 5.13 Å². The Morgan fingerprint density at radius 1 is 0.848 bits per heavy atom. The van der Waals surface area contributed by atoms with Crippen LogP contribution < -0.4 is 19.1 Å². The van der Waals surface area contributed by atoms with E-state index in [2.05, 4.69) is 15.5 Å². The van der Waals surface area contributed by atoms with Crippen LogP contribution in [0.1, 0.15) is 23.3 Å². The summed E-state index contributed by atoms with van der Waals surface area (Å²) in [4.78, 5) is 0. The van der Waals surface area contributed by atoms with Crippen molar-refractivity contribution in [3.8, 4) is 17.2 Å². The second-order valence-electron chi connectivity index (χ2n) is 7.02. The highest BCUT2D eigenvalue weighted by Gasteiger charge is 2.41. The van der Waals surface area contributed by atoms with Crippen molar-refractivity contribution in [1.29, 1.82) is 0 Å². The van der Waals surface area contributed by atoms with Crippen LogP contribution in [-0.4, -0.2) is 17.3 Å². The maximum absolute atomic E-state index is 14.5. The number of aryl methyl sites for hydroxylation is 1. The lowest BCUT2D eigenvalue weighted by molar-refractivity contribution is 0.376. The number of rotatable bonds is 10. The van der Waals surface area contributed by atoms with Gasteiger partial charge in [-0.05, 0) is 48.4 Å². The van der Waals surface area contributed by atoms with E-state index in [1.807, 2.05) is 55.5 Å². The molecule has 3 aromatic carbocycles. The summed E-state index contributed by atoms with van der Waals surface area (Å²) in [6.07, 6.45) is 0.755. The van der Waals surface area contributed by atoms with Gasteiger partial charge in [0.15, 0.2) is 5.78 Å². The van der Waals surface area contributed by atoms with Gasteiger partial charge in [-0.2, -0.15) is 0 Å². The van der Waals surface area contributed by atoms with Crippen LogP contribution >= 0.6 is 18.9 Å². The molecule has 0 aliphatic rings. The Morgan fingerprint density at radius 3 is 1.91 bits per heavy atom. The lowest BCUT2D eigenvalue weighted by atomic mass is 10.2. The maximum Gasteiger partial charge on any atom is 0.457 e. The molecule has 0 saturated carbocycles. The second kappa shape index (κ2) is 10.5. The van der Waals surface area contributed by atoms with Crippen LogP contribution in [0.3, 0.4) is 0 Å². The highest BCUT2D eigenvalue weighted by atomic mass is 32.1. The predicted octanol–water partition coefficient (Wildman–Crippen LogP) is 6.57. The Labute approximate surface area is 196 Å². The summed E-state index contributed by atoms with van der Waals surface area (Å²) < 4.78 is 32.0. The van der Waals surface area contributed by atoms with Crippen molar-refractivity contribution in [1.82, 2.24) is 10.2 Å². The topological polar surface area (TPSA) is 82.6 Å². The molecule has 0 fully saturated rings. The summed E-state index contributed by atoms with van der Waals surface area (Å²) in [6, 6.07) is 25.2. The van der Waals surface area contributed by atoms with Gasteiger partial charge in [0, 0.05) is 0 Å². The first-order chi connectivity index (χ1) is 16.1. The Morgan fingerprint density at radius 2 is 1.42 bits per heavy atom. The zero-order chi connectivity index (χ0) is 23.1. The lowest BCUT2D eigenvalue weighted by Gasteiger charge is -2.28. The van der Waals surface area contributed by atoms with E-state index < -0.39 is 13.4 Å². The molecule has 1 unspecified atom stereocenters. The molecule has 9 heteroatoms. The van der Waals surface area contributed by atoms with Gasteiger partial charge in [-0.25, -0.2) is 4.57 Å². The van der Waals surface area contributed by atoms with Gasteiger partial charge in [0.05, 0.1) is 7.11 Å². The molecule has 0 aliphatic carbocycles. The van der Waals surface area contributed by atoms with E-state index in [1.165, 1.54) is 11.3 Å². The summed E-state index contributed by atoms with van der Waals surface area (Å²) in [5.74, 6) is 0.693. The Bertz CT molecular complexity index is 1160. The van der Waals surface area contributed by atoms with Crippen LogP contribution in [-0.2, 0) is 11.0 Å². The standard InChI is InChI=1S/C24H24N3O4PS/c1-3-22-26-27-24(33-22)25-23(18-14-16-19(29-2)17-15-18)32(28,30-20-10-6-4-7-11-20)31-21-12-8-5-9-13-21/h4-17,23H,3H2,1-2H3,(H,25,27). The quantitative estimate of drug-likeness (QED) is 0.257. The molecule has 0 amide bonds. The number of nitrogens with zero attached hydrogens (tertiary/aromatic N) is 2. The Hall–Kier alpha value is -3.35. The minimum Gasteiger partial charge on any atom is -0.497 e. The first-order valence-electron chi connectivity index (χ1n) is 10.4. The molecule has 1 heterocycles. The van der Waals surface area contributed by atoms with Crippen molar-refractivity contribution in [3.63, 3.8) is 0 Å². The number of ether oxygens (including phenoxy) is 1. The number of aromatic nitrogens is 2. The molecule has 4 aromatic rings. The molecule has 0 saturated heterocycles. The van der Waals surface area contributed by atoms with E-state index in [0.29, 0.717) is 27.9 Å². The highest BCUT2D eigenvalue weighted by Crippen LogP contribution is 2.60. The molecule has 0 aliphatic heterocycles. The van der Waals surface area contributed by atoms with Gasteiger partial charge < -0.3 is 19.1 Å². The van der Waals surface area contributed by atoms with Crippen molar-refractivity contribution in [2.75, 3.05) is 12.4 Å². The average Bonchev–Trinajstić information content (AvgIpc) is 3.32. The van der Waals surface area contributed by atoms with Crippen molar-refractivity contribution >= 4 is 24.1 Å². The van der Waals surface area contributed by atoms with Crippen LogP contribution in [0.15, 0.2) is 84.9 Å². The van der Waals surface area contributed by atoms with E-state index in [-0.39, 0.29) is 0 Å². The van der Waals surface area contributed by atoms with Gasteiger partial charge in [-0.3, -0.25) is 0 Å². The zero-order valence-corrected chi connectivity index (χ0v) is 20.0. The van der Waals surface area contributed by atoms with Crippen LogP contribution in [0.5, 0.6) is 17.2 Å². The predicted molar refractivity (Wildman–Crippen MR) is 130 cm³/mol. The van der Waals surface area contributed by atoms with Crippen molar-refractivity contribution in [2.45, 2.75) is 19.1 Å². The van der Waals surface area contributed by atoms with Crippen molar-refractivity contribution in [2.24, 2.45) is 0 Å². The fourth-order valence-corrected chi connectivity index (χ4v) is 5.78. The van der Waals surface area contributed by atoms with Gasteiger partial charge in [-0.15, -0.1) is 10.2 Å². The summed E-state index contributed by atoms with van der Waals surface area (Å²) in [5.41, 5.74) is 0.694. The van der Waals surface area contributed by atoms with E-state index in [9.17, 15) is 4.57 Å². The van der Waals surface area contributed by atoms with Gasteiger partial charge >= 0.3 is 7.60 Å². The zero-order valence-electron chi connectivity index (χ0n) is 18.3. The average molecular weight is 482 g/mol. The van der Waals surface area contributed by atoms with Crippen LogP contribution in [0.2, 0.25) is 0 Å². The monoisotopic (exact) mass is 481 g/mol. The summed E-state index contributed by atoms with van der Waals surface area (Å²) in [6.45, 7) is 2.01. The van der Waals surface area contributed by atoms with E-state index in [1.54, 1.807) is 43.5 Å². The van der Waals surface area contributed by atoms with Crippen molar-refractivity contribution in [3.05, 3.63) is 95.5 Å². The van der Waals surface area contributed by atoms with Gasteiger partial charge in [0.25, 0.3) is 0 Å². The minimum atomic E-state index is -3.90. The molecule has 7 nitrogen and oxygen atoms in total. The number of hydrogen-bond acceptors (Lipinski definition) is 8. The van der Waals surface area contributed by atoms with Gasteiger partial charge in [-0.1, -0.05) is 66.8 Å². The molecular formula is C24H24N3O4PS. The number of nitrogens with one attached hydrogen (secondary N) is 1. The molecule has 170 valence electrons. The number of methoxy groups -OCH3 is 1. The van der Waals surface area contributed by atoms with E-state index in [4.69, 9.17) is 13.8 Å². The maximum atomic E-state index is 14.5. The van der Waals surface area contributed by atoms with Gasteiger partial charge in [0.2, 0.25) is 5.13 Å². The molecule has 1 N–H and O–H groups in total. The largest absolute Gasteiger partial charge is 0.497 e. The summed E-state index contributed by atoms with van der Waals surface area (Å²) in [7, 11) is -2.30. The third kappa shape index (κ3) is 5.72. The van der Waals surface area contributed by atoms with Crippen LogP contribution in [0, 0.1) is 0 Å². The molecule has 33 heavy (non-hydrogen) atoms. The molecular weight excluding hydrogens is 457 g/mol. The Kier molecular flexibility index (Phi) is 7.27. The summed E-state index contributed by atoms with van der Waals surface area (Å²) in [5, 5.41) is 13.0.